The van der Waals surface area contributed by atoms with E-state index in [1.165, 1.54) is 5.56 Å². The summed E-state index contributed by atoms with van der Waals surface area (Å²) in [5.74, 6) is 0.517. The minimum absolute atomic E-state index is 0.271. The molecule has 1 rings (SSSR count). The molecule has 0 saturated carbocycles. The molecule has 1 aromatic rings. The highest BCUT2D eigenvalue weighted by atomic mass is 79.9. The fourth-order valence-electron chi connectivity index (χ4n) is 1.43. The Bertz CT molecular complexity index is 331. The van der Waals surface area contributed by atoms with Crippen LogP contribution >= 0.6 is 31.9 Å². The van der Waals surface area contributed by atoms with Crippen LogP contribution in [-0.4, -0.2) is 18.3 Å². The molecule has 0 aliphatic carbocycles. The number of halogens is 2. The molecule has 0 radical (unpaired) electrons. The number of benzene rings is 1. The molecule has 90 valence electrons. The molecule has 0 heterocycles. The van der Waals surface area contributed by atoms with E-state index in [-0.39, 0.29) is 6.61 Å². The van der Waals surface area contributed by atoms with Crippen LogP contribution in [0.15, 0.2) is 27.1 Å². The van der Waals surface area contributed by atoms with Gasteiger partial charge < -0.3 is 10.4 Å². The number of nitrogens with one attached hydrogen (secondary N) is 1. The molecule has 1 atom stereocenters. The Labute approximate surface area is 114 Å². The Kier molecular flexibility index (Phi) is 6.58. The van der Waals surface area contributed by atoms with Crippen molar-refractivity contribution in [1.29, 1.82) is 0 Å². The third-order valence-corrected chi connectivity index (χ3v) is 4.31. The van der Waals surface area contributed by atoms with Crippen LogP contribution in [0.5, 0.6) is 0 Å². The molecule has 0 fully saturated rings. The van der Waals surface area contributed by atoms with Crippen molar-refractivity contribution < 1.29 is 5.11 Å². The molecule has 0 aromatic heterocycles. The van der Waals surface area contributed by atoms with Crippen LogP contribution in [0, 0.1) is 5.92 Å². The molecule has 0 aliphatic rings. The molecule has 0 amide bonds. The molecule has 4 heteroatoms. The van der Waals surface area contributed by atoms with E-state index >= 15 is 0 Å². The van der Waals surface area contributed by atoms with Gasteiger partial charge in [0.2, 0.25) is 0 Å². The lowest BCUT2D eigenvalue weighted by Crippen LogP contribution is -2.21. The summed E-state index contributed by atoms with van der Waals surface area (Å²) in [5.41, 5.74) is 1.26. The first-order valence-electron chi connectivity index (χ1n) is 5.39. The van der Waals surface area contributed by atoms with Crippen molar-refractivity contribution in [3.8, 4) is 0 Å². The van der Waals surface area contributed by atoms with Gasteiger partial charge in [0.15, 0.2) is 0 Å². The van der Waals surface area contributed by atoms with Crippen molar-refractivity contribution >= 4 is 31.9 Å². The summed E-state index contributed by atoms with van der Waals surface area (Å²) in [6, 6.07) is 6.24. The van der Waals surface area contributed by atoms with Crippen molar-refractivity contribution in [3.63, 3.8) is 0 Å². The zero-order valence-electron chi connectivity index (χ0n) is 9.34. The van der Waals surface area contributed by atoms with E-state index < -0.39 is 0 Å². The maximum atomic E-state index is 8.78. The Morgan fingerprint density at radius 1 is 1.31 bits per heavy atom. The third kappa shape index (κ3) is 4.95. The number of aliphatic hydroxyl groups excluding tert-OH is 1. The normalized spacial score (nSPS) is 12.8. The van der Waals surface area contributed by atoms with Crippen molar-refractivity contribution in [2.24, 2.45) is 5.92 Å². The third-order valence-electron chi connectivity index (χ3n) is 2.43. The van der Waals surface area contributed by atoms with Crippen LogP contribution < -0.4 is 5.32 Å². The summed E-state index contributed by atoms with van der Waals surface area (Å²) in [6.07, 6.45) is 0.858. The highest BCUT2D eigenvalue weighted by Crippen LogP contribution is 2.23. The number of hydrogen-bond acceptors (Lipinski definition) is 2. The summed E-state index contributed by atoms with van der Waals surface area (Å²) in [6.45, 7) is 4.21. The maximum Gasteiger partial charge on any atom is 0.0434 e. The molecule has 0 aliphatic heterocycles. The van der Waals surface area contributed by atoms with Gasteiger partial charge in [-0.3, -0.25) is 0 Å². The van der Waals surface area contributed by atoms with Gasteiger partial charge in [0.25, 0.3) is 0 Å². The zero-order valence-corrected chi connectivity index (χ0v) is 12.5. The van der Waals surface area contributed by atoms with Gasteiger partial charge in [0.05, 0.1) is 0 Å². The standard InChI is InChI=1S/C12H17Br2NO/c1-9(4-5-16)7-15-8-10-2-3-11(13)12(14)6-10/h2-3,6,9,15-16H,4-5,7-8H2,1H3. The fraction of sp³-hybridized carbons (Fsp3) is 0.500. The van der Waals surface area contributed by atoms with Crippen LogP contribution in [0.25, 0.3) is 0 Å². The average molecular weight is 351 g/mol. The molecule has 1 unspecified atom stereocenters. The predicted molar refractivity (Wildman–Crippen MR) is 74.4 cm³/mol. The lowest BCUT2D eigenvalue weighted by atomic mass is 10.1. The summed E-state index contributed by atoms with van der Waals surface area (Å²) in [4.78, 5) is 0. The zero-order chi connectivity index (χ0) is 12.0. The van der Waals surface area contributed by atoms with Crippen LogP contribution in [-0.2, 0) is 6.54 Å². The molecule has 0 saturated heterocycles. The maximum absolute atomic E-state index is 8.78. The SMILES string of the molecule is CC(CCO)CNCc1ccc(Br)c(Br)c1. The first-order valence-corrected chi connectivity index (χ1v) is 6.97. The smallest absolute Gasteiger partial charge is 0.0434 e. The van der Waals surface area contributed by atoms with Gasteiger partial charge in [0.1, 0.15) is 0 Å². The number of hydrogen-bond donors (Lipinski definition) is 2. The van der Waals surface area contributed by atoms with E-state index in [2.05, 4.69) is 56.2 Å². The van der Waals surface area contributed by atoms with Crippen molar-refractivity contribution in [2.45, 2.75) is 19.9 Å². The van der Waals surface area contributed by atoms with Crippen molar-refractivity contribution in [2.75, 3.05) is 13.2 Å². The lowest BCUT2D eigenvalue weighted by Gasteiger charge is -2.11. The second-order valence-corrected chi connectivity index (χ2v) is 5.71. The van der Waals surface area contributed by atoms with Crippen LogP contribution in [0.4, 0.5) is 0 Å². The second kappa shape index (κ2) is 7.43. The molecule has 0 spiro atoms. The van der Waals surface area contributed by atoms with Gasteiger partial charge in [-0.05, 0) is 68.4 Å². The highest BCUT2D eigenvalue weighted by Gasteiger charge is 2.02. The summed E-state index contributed by atoms with van der Waals surface area (Å²) in [5, 5.41) is 12.2. The second-order valence-electron chi connectivity index (χ2n) is 4.00. The van der Waals surface area contributed by atoms with Crippen LogP contribution in [0.1, 0.15) is 18.9 Å². The minimum Gasteiger partial charge on any atom is -0.396 e. The Balaban J connectivity index is 2.34. The highest BCUT2D eigenvalue weighted by molar-refractivity contribution is 9.13. The largest absolute Gasteiger partial charge is 0.396 e. The number of rotatable bonds is 6. The Hall–Kier alpha value is 0.1000. The predicted octanol–water partition coefficient (Wildman–Crippen LogP) is 3.32. The Morgan fingerprint density at radius 3 is 2.69 bits per heavy atom. The van der Waals surface area contributed by atoms with Crippen molar-refractivity contribution in [1.82, 2.24) is 5.32 Å². The molecule has 0 bridgehead atoms. The van der Waals surface area contributed by atoms with Gasteiger partial charge in [-0.2, -0.15) is 0 Å². The molecule has 16 heavy (non-hydrogen) atoms. The topological polar surface area (TPSA) is 32.3 Å². The molecule has 2 nitrogen and oxygen atoms in total. The molecule has 1 aromatic carbocycles. The van der Waals surface area contributed by atoms with E-state index in [9.17, 15) is 0 Å². The molecular weight excluding hydrogens is 334 g/mol. The quantitative estimate of drug-likeness (QED) is 0.824. The first kappa shape index (κ1) is 14.2. The first-order chi connectivity index (χ1) is 7.63. The lowest BCUT2D eigenvalue weighted by molar-refractivity contribution is 0.260. The van der Waals surface area contributed by atoms with Gasteiger partial charge >= 0.3 is 0 Å². The minimum atomic E-state index is 0.271. The van der Waals surface area contributed by atoms with E-state index in [0.717, 1.165) is 28.5 Å². The van der Waals surface area contributed by atoms with Crippen LogP contribution in [0.2, 0.25) is 0 Å². The summed E-state index contributed by atoms with van der Waals surface area (Å²) < 4.78 is 2.15. The van der Waals surface area contributed by atoms with Gasteiger partial charge in [0, 0.05) is 22.1 Å². The van der Waals surface area contributed by atoms with E-state index in [1.54, 1.807) is 0 Å². The van der Waals surface area contributed by atoms with Gasteiger partial charge in [-0.15, -0.1) is 0 Å². The van der Waals surface area contributed by atoms with Gasteiger partial charge in [-0.25, -0.2) is 0 Å². The average Bonchev–Trinajstić information content (AvgIpc) is 2.24. The van der Waals surface area contributed by atoms with Gasteiger partial charge in [-0.1, -0.05) is 13.0 Å². The van der Waals surface area contributed by atoms with Crippen LogP contribution in [0.3, 0.4) is 0 Å². The van der Waals surface area contributed by atoms with E-state index in [4.69, 9.17) is 5.11 Å². The Morgan fingerprint density at radius 2 is 2.06 bits per heavy atom. The van der Waals surface area contributed by atoms with E-state index in [1.807, 2.05) is 6.07 Å². The monoisotopic (exact) mass is 349 g/mol. The molecule has 2 N–H and O–H groups in total. The van der Waals surface area contributed by atoms with E-state index in [0.29, 0.717) is 5.92 Å². The number of aliphatic hydroxyl groups is 1. The fourth-order valence-corrected chi connectivity index (χ4v) is 2.11. The summed E-state index contributed by atoms with van der Waals surface area (Å²) in [7, 11) is 0. The van der Waals surface area contributed by atoms with Crippen molar-refractivity contribution in [3.05, 3.63) is 32.7 Å². The summed E-state index contributed by atoms with van der Waals surface area (Å²) >= 11 is 6.93. The molecular formula is C12H17Br2NO.